The van der Waals surface area contributed by atoms with Crippen molar-refractivity contribution in [2.24, 2.45) is 0 Å². The molecule has 0 spiro atoms. The van der Waals surface area contributed by atoms with Crippen molar-refractivity contribution >= 4 is 33.9 Å². The summed E-state index contributed by atoms with van der Waals surface area (Å²) in [6, 6.07) is 13.8. The molecule has 144 valence electrons. The Labute approximate surface area is 160 Å². The van der Waals surface area contributed by atoms with E-state index in [1.165, 1.54) is 12.1 Å². The topological polar surface area (TPSA) is 77.2 Å². The van der Waals surface area contributed by atoms with Crippen LogP contribution in [0.2, 0.25) is 0 Å². The summed E-state index contributed by atoms with van der Waals surface area (Å²) in [7, 11) is 0. The zero-order valence-electron chi connectivity index (χ0n) is 16.5. The van der Waals surface area contributed by atoms with Crippen LogP contribution in [-0.2, 0) is 0 Å². The van der Waals surface area contributed by atoms with Crippen molar-refractivity contribution in [2.45, 2.75) is 41.0 Å². The number of carbonyl (C=O) groups excluding carboxylic acids is 1. The van der Waals surface area contributed by atoms with Crippen molar-refractivity contribution in [1.82, 2.24) is 4.57 Å². The van der Waals surface area contributed by atoms with Crippen LogP contribution in [0.5, 0.6) is 0 Å². The average Bonchev–Trinajstić information content (AvgIpc) is 3.09. The highest BCUT2D eigenvalue weighted by Gasteiger charge is 2.12. The quantitative estimate of drug-likeness (QED) is 0.426. The maximum Gasteiger partial charge on any atom is 0.269 e. The van der Waals surface area contributed by atoms with E-state index in [0.717, 1.165) is 22.3 Å². The van der Waals surface area contributed by atoms with Gasteiger partial charge in [0.05, 0.1) is 16.1 Å². The number of non-ortho nitro benzene ring substituents is 1. The third-order valence-corrected chi connectivity index (χ3v) is 3.64. The molecule has 3 rings (SSSR count). The van der Waals surface area contributed by atoms with E-state index >= 15 is 0 Å². The first-order valence-corrected chi connectivity index (χ1v) is 9.25. The van der Waals surface area contributed by atoms with Crippen molar-refractivity contribution in [2.75, 3.05) is 5.32 Å². The van der Waals surface area contributed by atoms with E-state index < -0.39 is 4.92 Å². The Morgan fingerprint density at radius 3 is 2.19 bits per heavy atom. The molecule has 0 bridgehead atoms. The van der Waals surface area contributed by atoms with Gasteiger partial charge in [0.2, 0.25) is 5.91 Å². The van der Waals surface area contributed by atoms with Crippen molar-refractivity contribution in [1.29, 1.82) is 0 Å². The molecule has 2 aromatic carbocycles. The maximum absolute atomic E-state index is 12.1. The first-order valence-electron chi connectivity index (χ1n) is 9.25. The Kier molecular flexibility index (Phi) is 8.72. The molecule has 6 heteroatoms. The van der Waals surface area contributed by atoms with E-state index in [1.54, 1.807) is 22.9 Å². The van der Waals surface area contributed by atoms with Crippen LogP contribution < -0.4 is 5.32 Å². The van der Waals surface area contributed by atoms with Gasteiger partial charge in [-0.05, 0) is 18.2 Å². The fourth-order valence-corrected chi connectivity index (χ4v) is 2.48. The van der Waals surface area contributed by atoms with Gasteiger partial charge in [-0.25, -0.2) is 0 Å². The predicted molar refractivity (Wildman–Crippen MR) is 112 cm³/mol. The van der Waals surface area contributed by atoms with Gasteiger partial charge in [-0.15, -0.1) is 0 Å². The fraction of sp³-hybridized carbons (Fsp3) is 0.286. The van der Waals surface area contributed by atoms with Gasteiger partial charge in [0, 0.05) is 35.8 Å². The van der Waals surface area contributed by atoms with Crippen LogP contribution in [0.1, 0.15) is 45.8 Å². The van der Waals surface area contributed by atoms with E-state index in [1.807, 2.05) is 58.9 Å². The predicted octanol–water partition coefficient (Wildman–Crippen LogP) is 6.40. The molecule has 0 amide bonds. The van der Waals surface area contributed by atoms with Crippen molar-refractivity contribution in [3.8, 4) is 0 Å². The number of fused-ring (bicyclic) bond motifs is 1. The van der Waals surface area contributed by atoms with Crippen LogP contribution in [0.25, 0.3) is 10.9 Å². The Morgan fingerprint density at radius 2 is 1.63 bits per heavy atom. The molecule has 27 heavy (non-hydrogen) atoms. The number of hydrogen-bond donors (Lipinski definition) is 1. The summed E-state index contributed by atoms with van der Waals surface area (Å²) >= 11 is 0. The molecule has 0 radical (unpaired) electrons. The summed E-state index contributed by atoms with van der Waals surface area (Å²) in [5, 5.41) is 14.8. The molecule has 1 heterocycles. The standard InChI is InChI=1S/C17H15N3O3.2C2H6/c1-2-17(21)19-11-15(14-5-3-4-6-16(14)19)18-12-7-9-13(10-8-12)20(22)23;2*1-2/h3-11,18H,2H2,1H3;2*1-2H3. The third-order valence-electron chi connectivity index (χ3n) is 3.64. The highest BCUT2D eigenvalue weighted by atomic mass is 16.6. The molecule has 1 N–H and O–H groups in total. The van der Waals surface area contributed by atoms with Crippen LogP contribution >= 0.6 is 0 Å². The normalized spacial score (nSPS) is 9.52. The number of nitrogens with zero attached hydrogens (tertiary/aromatic N) is 2. The largest absolute Gasteiger partial charge is 0.354 e. The summed E-state index contributed by atoms with van der Waals surface area (Å²) in [6.45, 7) is 9.82. The van der Waals surface area contributed by atoms with Gasteiger partial charge < -0.3 is 5.32 Å². The van der Waals surface area contributed by atoms with E-state index in [0.29, 0.717) is 6.42 Å². The molecule has 0 saturated carbocycles. The SMILES string of the molecule is CC.CC.CCC(=O)n1cc(Nc2ccc([N+](=O)[O-])cc2)c2ccccc21. The average molecular weight is 369 g/mol. The smallest absolute Gasteiger partial charge is 0.269 e. The van der Waals surface area contributed by atoms with Crippen LogP contribution in [0.4, 0.5) is 17.1 Å². The van der Waals surface area contributed by atoms with Gasteiger partial charge in [0.15, 0.2) is 0 Å². The minimum absolute atomic E-state index is 0.0120. The number of aromatic nitrogens is 1. The lowest BCUT2D eigenvalue weighted by Crippen LogP contribution is -2.06. The Hall–Kier alpha value is -3.15. The number of rotatable bonds is 4. The molecular formula is C21H27N3O3. The van der Waals surface area contributed by atoms with Crippen LogP contribution in [0, 0.1) is 10.1 Å². The van der Waals surface area contributed by atoms with Gasteiger partial charge in [-0.3, -0.25) is 19.5 Å². The summed E-state index contributed by atoms with van der Waals surface area (Å²) < 4.78 is 1.63. The number of hydrogen-bond acceptors (Lipinski definition) is 4. The molecular weight excluding hydrogens is 342 g/mol. The summed E-state index contributed by atoms with van der Waals surface area (Å²) in [4.78, 5) is 22.3. The van der Waals surface area contributed by atoms with Crippen molar-refractivity contribution in [3.05, 3.63) is 64.8 Å². The van der Waals surface area contributed by atoms with Crippen LogP contribution in [-0.4, -0.2) is 15.4 Å². The monoisotopic (exact) mass is 369 g/mol. The molecule has 0 unspecified atom stereocenters. The maximum atomic E-state index is 12.1. The summed E-state index contributed by atoms with van der Waals surface area (Å²) in [6.07, 6.45) is 2.17. The van der Waals surface area contributed by atoms with Crippen molar-refractivity contribution < 1.29 is 9.72 Å². The third kappa shape index (κ3) is 5.17. The lowest BCUT2D eigenvalue weighted by molar-refractivity contribution is -0.384. The molecule has 0 aliphatic carbocycles. The van der Waals surface area contributed by atoms with Gasteiger partial charge in [0.1, 0.15) is 0 Å². The lowest BCUT2D eigenvalue weighted by Gasteiger charge is -2.04. The Bertz CT molecular complexity index is 883. The van der Waals surface area contributed by atoms with Crippen LogP contribution in [0.3, 0.4) is 0 Å². The molecule has 1 aromatic heterocycles. The second-order valence-corrected chi connectivity index (χ2v) is 5.11. The molecule has 0 aliphatic heterocycles. The summed E-state index contributed by atoms with van der Waals surface area (Å²) in [5.41, 5.74) is 2.39. The highest BCUT2D eigenvalue weighted by Crippen LogP contribution is 2.29. The van der Waals surface area contributed by atoms with E-state index in [9.17, 15) is 14.9 Å². The molecule has 0 aliphatic rings. The van der Waals surface area contributed by atoms with E-state index in [2.05, 4.69) is 5.32 Å². The second-order valence-electron chi connectivity index (χ2n) is 5.11. The second kappa shape index (κ2) is 10.8. The van der Waals surface area contributed by atoms with Gasteiger partial charge in [-0.1, -0.05) is 52.8 Å². The van der Waals surface area contributed by atoms with Crippen molar-refractivity contribution in [3.63, 3.8) is 0 Å². The molecule has 0 atom stereocenters. The number of anilines is 2. The molecule has 6 nitrogen and oxygen atoms in total. The lowest BCUT2D eigenvalue weighted by atomic mass is 10.2. The zero-order chi connectivity index (χ0) is 20.4. The molecule has 0 fully saturated rings. The first kappa shape index (κ1) is 21.9. The number of para-hydroxylation sites is 1. The number of benzene rings is 2. The first-order chi connectivity index (χ1) is 13.1. The van der Waals surface area contributed by atoms with Gasteiger partial charge in [0.25, 0.3) is 5.69 Å². The highest BCUT2D eigenvalue weighted by molar-refractivity contribution is 6.01. The minimum Gasteiger partial charge on any atom is -0.354 e. The molecule has 3 aromatic rings. The van der Waals surface area contributed by atoms with Crippen LogP contribution in [0.15, 0.2) is 54.7 Å². The van der Waals surface area contributed by atoms with E-state index in [4.69, 9.17) is 0 Å². The Morgan fingerprint density at radius 1 is 1.04 bits per heavy atom. The minimum atomic E-state index is -0.435. The Balaban J connectivity index is 0.000000855. The van der Waals surface area contributed by atoms with Gasteiger partial charge in [-0.2, -0.15) is 0 Å². The zero-order valence-corrected chi connectivity index (χ0v) is 16.5. The van der Waals surface area contributed by atoms with E-state index in [-0.39, 0.29) is 11.6 Å². The number of nitrogens with one attached hydrogen (secondary N) is 1. The van der Waals surface area contributed by atoms with Gasteiger partial charge >= 0.3 is 0 Å². The number of nitro benzene ring substituents is 1. The fourth-order valence-electron chi connectivity index (χ4n) is 2.48. The number of carbonyl (C=O) groups is 1. The number of nitro groups is 1. The molecule has 0 saturated heterocycles. The summed E-state index contributed by atoms with van der Waals surface area (Å²) in [5.74, 6) is 0.0120.